The summed E-state index contributed by atoms with van der Waals surface area (Å²) >= 11 is 0. The fraction of sp³-hybridized carbons (Fsp3) is 0.294. The molecule has 112 valence electrons. The summed E-state index contributed by atoms with van der Waals surface area (Å²) in [7, 11) is 0. The van der Waals surface area contributed by atoms with E-state index in [1.54, 1.807) is 18.2 Å². The molecule has 2 aromatic rings. The Kier molecular flexibility index (Phi) is 5.72. The lowest BCUT2D eigenvalue weighted by atomic mass is 10.1. The highest BCUT2D eigenvalue weighted by Gasteiger charge is 2.10. The zero-order chi connectivity index (χ0) is 15.1. The Morgan fingerprint density at radius 1 is 1.10 bits per heavy atom. The van der Waals surface area contributed by atoms with Gasteiger partial charge in [-0.25, -0.2) is 4.39 Å². The zero-order valence-electron chi connectivity index (χ0n) is 12.0. The van der Waals surface area contributed by atoms with Crippen LogP contribution in [0, 0.1) is 5.82 Å². The summed E-state index contributed by atoms with van der Waals surface area (Å²) < 4.78 is 18.6. The largest absolute Gasteiger partial charge is 0.488 e. The van der Waals surface area contributed by atoms with E-state index in [1.165, 1.54) is 6.07 Å². The number of benzene rings is 2. The van der Waals surface area contributed by atoms with Crippen molar-refractivity contribution in [2.75, 3.05) is 13.2 Å². The summed E-state index contributed by atoms with van der Waals surface area (Å²) in [6.07, 6.45) is -0.698. The average molecular weight is 289 g/mol. The maximum atomic E-state index is 13.4. The minimum atomic E-state index is -0.698. The molecular weight excluding hydrogens is 269 g/mol. The van der Waals surface area contributed by atoms with Crippen molar-refractivity contribution in [3.63, 3.8) is 0 Å². The third-order valence-corrected chi connectivity index (χ3v) is 3.23. The number of para-hydroxylation sites is 1. The van der Waals surface area contributed by atoms with Crippen molar-refractivity contribution >= 4 is 0 Å². The number of aliphatic hydroxyl groups is 1. The third kappa shape index (κ3) is 4.85. The van der Waals surface area contributed by atoms with Crippen molar-refractivity contribution in [3.05, 3.63) is 66.0 Å². The van der Waals surface area contributed by atoms with Crippen molar-refractivity contribution in [2.45, 2.75) is 19.1 Å². The Bertz CT molecular complexity index is 547. The minimum Gasteiger partial charge on any atom is -0.488 e. The highest BCUT2D eigenvalue weighted by atomic mass is 19.1. The van der Waals surface area contributed by atoms with Gasteiger partial charge in [0.15, 0.2) is 11.6 Å². The summed E-state index contributed by atoms with van der Waals surface area (Å²) in [5.41, 5.74) is 1.15. The van der Waals surface area contributed by atoms with Crippen molar-refractivity contribution in [3.8, 4) is 5.75 Å². The summed E-state index contributed by atoms with van der Waals surface area (Å²) in [6, 6.07) is 16.3. The standard InChI is InChI=1S/C17H20FNO2/c1-13(14-7-3-2-4-8-14)19-11-15(20)12-21-17-10-6-5-9-16(17)18/h2-10,13,15,19-20H,11-12H2,1H3/t13-,15?/m1/s1. The van der Waals surface area contributed by atoms with Gasteiger partial charge >= 0.3 is 0 Å². The van der Waals surface area contributed by atoms with E-state index in [2.05, 4.69) is 5.32 Å². The molecule has 2 atom stereocenters. The molecule has 2 rings (SSSR count). The first-order chi connectivity index (χ1) is 10.2. The molecule has 0 aliphatic carbocycles. The van der Waals surface area contributed by atoms with Gasteiger partial charge in [0.25, 0.3) is 0 Å². The highest BCUT2D eigenvalue weighted by molar-refractivity contribution is 5.23. The van der Waals surface area contributed by atoms with Gasteiger partial charge in [-0.05, 0) is 24.6 Å². The molecule has 1 unspecified atom stereocenters. The van der Waals surface area contributed by atoms with Crippen LogP contribution < -0.4 is 10.1 Å². The van der Waals surface area contributed by atoms with E-state index in [-0.39, 0.29) is 18.4 Å². The molecule has 4 heteroatoms. The van der Waals surface area contributed by atoms with Crippen molar-refractivity contribution in [1.29, 1.82) is 0 Å². The van der Waals surface area contributed by atoms with Crippen molar-refractivity contribution < 1.29 is 14.2 Å². The number of ether oxygens (including phenoxy) is 1. The number of aliphatic hydroxyl groups excluding tert-OH is 1. The van der Waals surface area contributed by atoms with Gasteiger partial charge in [0, 0.05) is 12.6 Å². The van der Waals surface area contributed by atoms with Crippen molar-refractivity contribution in [2.24, 2.45) is 0 Å². The number of nitrogens with one attached hydrogen (secondary N) is 1. The molecule has 0 fully saturated rings. The molecule has 0 radical (unpaired) electrons. The SMILES string of the molecule is C[C@@H](NCC(O)COc1ccccc1F)c1ccccc1. The van der Waals surface area contributed by atoms with E-state index in [4.69, 9.17) is 4.74 Å². The monoisotopic (exact) mass is 289 g/mol. The van der Waals surface area contributed by atoms with Gasteiger partial charge in [-0.15, -0.1) is 0 Å². The van der Waals surface area contributed by atoms with Crippen LogP contribution in [0.15, 0.2) is 54.6 Å². The Hall–Kier alpha value is -1.91. The second-order valence-corrected chi connectivity index (χ2v) is 4.94. The molecular formula is C17H20FNO2. The van der Waals surface area contributed by atoms with Crippen LogP contribution in [0.2, 0.25) is 0 Å². The average Bonchev–Trinajstić information content (AvgIpc) is 2.52. The van der Waals surface area contributed by atoms with Crippen LogP contribution >= 0.6 is 0 Å². The molecule has 0 saturated carbocycles. The molecule has 0 aliphatic rings. The maximum Gasteiger partial charge on any atom is 0.165 e. The molecule has 0 saturated heterocycles. The fourth-order valence-electron chi connectivity index (χ4n) is 1.98. The molecule has 21 heavy (non-hydrogen) atoms. The fourth-order valence-corrected chi connectivity index (χ4v) is 1.98. The first kappa shape index (κ1) is 15.5. The van der Waals surface area contributed by atoms with Crippen LogP contribution in [0.3, 0.4) is 0 Å². The first-order valence-electron chi connectivity index (χ1n) is 7.00. The normalized spacial score (nSPS) is 13.7. The van der Waals surface area contributed by atoms with Gasteiger partial charge < -0.3 is 15.2 Å². The first-order valence-corrected chi connectivity index (χ1v) is 7.00. The summed E-state index contributed by atoms with van der Waals surface area (Å²) in [6.45, 7) is 2.46. The van der Waals surface area contributed by atoms with E-state index in [9.17, 15) is 9.50 Å². The Labute approximate surface area is 124 Å². The van der Waals surface area contributed by atoms with E-state index in [0.29, 0.717) is 6.54 Å². The maximum absolute atomic E-state index is 13.4. The van der Waals surface area contributed by atoms with Crippen LogP contribution in [0.4, 0.5) is 4.39 Å². The molecule has 2 N–H and O–H groups in total. The molecule has 0 amide bonds. The number of hydrogen-bond donors (Lipinski definition) is 2. The smallest absolute Gasteiger partial charge is 0.165 e. The minimum absolute atomic E-state index is 0.0510. The molecule has 0 heterocycles. The summed E-state index contributed by atoms with van der Waals surface area (Å²) in [5, 5.41) is 13.1. The quantitative estimate of drug-likeness (QED) is 0.823. The predicted octanol–water partition coefficient (Wildman–Crippen LogP) is 2.92. The lowest BCUT2D eigenvalue weighted by molar-refractivity contribution is 0.102. The molecule has 0 spiro atoms. The van der Waals surface area contributed by atoms with Crippen LogP contribution in [-0.2, 0) is 0 Å². The van der Waals surface area contributed by atoms with E-state index >= 15 is 0 Å². The Morgan fingerprint density at radius 3 is 2.48 bits per heavy atom. The van der Waals surface area contributed by atoms with E-state index in [1.807, 2.05) is 37.3 Å². The van der Waals surface area contributed by atoms with Crippen LogP contribution in [0.1, 0.15) is 18.5 Å². The van der Waals surface area contributed by atoms with Gasteiger partial charge in [-0.2, -0.15) is 0 Å². The summed E-state index contributed by atoms with van der Waals surface area (Å²) in [4.78, 5) is 0. The molecule has 0 aliphatic heterocycles. The molecule has 0 aromatic heterocycles. The second kappa shape index (κ2) is 7.76. The van der Waals surface area contributed by atoms with Gasteiger partial charge in [0.1, 0.15) is 12.7 Å². The van der Waals surface area contributed by atoms with Gasteiger partial charge in [-0.1, -0.05) is 42.5 Å². The van der Waals surface area contributed by atoms with Crippen LogP contribution in [0.5, 0.6) is 5.75 Å². The van der Waals surface area contributed by atoms with Gasteiger partial charge in [0.2, 0.25) is 0 Å². The number of hydrogen-bond acceptors (Lipinski definition) is 3. The van der Waals surface area contributed by atoms with Gasteiger partial charge in [0.05, 0.1) is 0 Å². The topological polar surface area (TPSA) is 41.5 Å². The lowest BCUT2D eigenvalue weighted by Crippen LogP contribution is -2.33. The summed E-state index contributed by atoms with van der Waals surface area (Å²) in [5.74, 6) is -0.261. The third-order valence-electron chi connectivity index (χ3n) is 3.23. The van der Waals surface area contributed by atoms with Gasteiger partial charge in [-0.3, -0.25) is 0 Å². The number of rotatable bonds is 7. The van der Waals surface area contributed by atoms with Crippen LogP contribution in [0.25, 0.3) is 0 Å². The predicted molar refractivity (Wildman–Crippen MR) is 80.8 cm³/mol. The zero-order valence-corrected chi connectivity index (χ0v) is 12.0. The molecule has 3 nitrogen and oxygen atoms in total. The van der Waals surface area contributed by atoms with Crippen LogP contribution in [-0.4, -0.2) is 24.4 Å². The van der Waals surface area contributed by atoms with E-state index in [0.717, 1.165) is 5.56 Å². The van der Waals surface area contributed by atoms with E-state index < -0.39 is 11.9 Å². The number of halogens is 1. The van der Waals surface area contributed by atoms with Crippen molar-refractivity contribution in [1.82, 2.24) is 5.32 Å². The Balaban J connectivity index is 1.75. The second-order valence-electron chi connectivity index (χ2n) is 4.94. The highest BCUT2D eigenvalue weighted by Crippen LogP contribution is 2.15. The Morgan fingerprint density at radius 2 is 1.76 bits per heavy atom. The lowest BCUT2D eigenvalue weighted by Gasteiger charge is -2.18. The molecule has 0 bridgehead atoms. The molecule has 2 aromatic carbocycles.